The van der Waals surface area contributed by atoms with Gasteiger partial charge in [-0.3, -0.25) is 0 Å². The molecule has 17 heavy (non-hydrogen) atoms. The number of aromatic carboxylic acids is 1. The van der Waals surface area contributed by atoms with Crippen LogP contribution in [0.4, 0.5) is 5.95 Å². The molecule has 1 aromatic rings. The molecule has 0 aliphatic rings. The number of aryl methyl sites for hydroxylation is 1. The summed E-state index contributed by atoms with van der Waals surface area (Å²) in [5.74, 6) is -0.450. The zero-order valence-electron chi connectivity index (χ0n) is 10.2. The van der Waals surface area contributed by atoms with Crippen molar-refractivity contribution in [3.8, 4) is 0 Å². The maximum atomic E-state index is 10.8. The summed E-state index contributed by atoms with van der Waals surface area (Å²) >= 11 is 0. The van der Waals surface area contributed by atoms with E-state index in [1.54, 1.807) is 13.0 Å². The van der Waals surface area contributed by atoms with Gasteiger partial charge in [-0.25, -0.2) is 14.8 Å². The number of rotatable bonds is 6. The van der Waals surface area contributed by atoms with Crippen LogP contribution in [-0.2, 0) is 0 Å². The lowest BCUT2D eigenvalue weighted by atomic mass is 10.2. The van der Waals surface area contributed by atoms with Gasteiger partial charge in [-0.15, -0.1) is 6.58 Å². The van der Waals surface area contributed by atoms with E-state index in [0.29, 0.717) is 18.2 Å². The first-order valence-corrected chi connectivity index (χ1v) is 5.53. The van der Waals surface area contributed by atoms with Crippen LogP contribution in [-0.4, -0.2) is 34.1 Å². The summed E-state index contributed by atoms with van der Waals surface area (Å²) in [6.07, 6.45) is 4.10. The van der Waals surface area contributed by atoms with Gasteiger partial charge in [0.1, 0.15) is 0 Å². The number of carbonyl (C=O) groups is 1. The van der Waals surface area contributed by atoms with Gasteiger partial charge < -0.3 is 10.0 Å². The summed E-state index contributed by atoms with van der Waals surface area (Å²) in [5.41, 5.74) is 0.622. The summed E-state index contributed by atoms with van der Waals surface area (Å²) < 4.78 is 0. The molecule has 0 bridgehead atoms. The van der Waals surface area contributed by atoms with Crippen LogP contribution in [0, 0.1) is 6.92 Å². The Hall–Kier alpha value is -1.91. The van der Waals surface area contributed by atoms with Crippen molar-refractivity contribution in [1.29, 1.82) is 0 Å². The Morgan fingerprint density at radius 3 is 2.82 bits per heavy atom. The first-order valence-electron chi connectivity index (χ1n) is 5.53. The van der Waals surface area contributed by atoms with E-state index in [1.807, 2.05) is 4.90 Å². The van der Waals surface area contributed by atoms with Crippen molar-refractivity contribution in [2.45, 2.75) is 20.3 Å². The van der Waals surface area contributed by atoms with Crippen LogP contribution in [0.2, 0.25) is 0 Å². The third kappa shape index (κ3) is 3.27. The van der Waals surface area contributed by atoms with E-state index in [4.69, 9.17) is 5.11 Å². The van der Waals surface area contributed by atoms with E-state index in [9.17, 15) is 4.79 Å². The van der Waals surface area contributed by atoms with E-state index in [2.05, 4.69) is 23.5 Å². The van der Waals surface area contributed by atoms with Crippen molar-refractivity contribution >= 4 is 11.9 Å². The minimum atomic E-state index is -1.00. The molecule has 0 spiro atoms. The molecule has 0 saturated carbocycles. The molecule has 5 nitrogen and oxygen atoms in total. The van der Waals surface area contributed by atoms with Gasteiger partial charge in [-0.1, -0.05) is 13.0 Å². The fraction of sp³-hybridized carbons (Fsp3) is 0.417. The quantitative estimate of drug-likeness (QED) is 0.763. The highest BCUT2D eigenvalue weighted by Gasteiger charge is 2.13. The van der Waals surface area contributed by atoms with Gasteiger partial charge in [0.2, 0.25) is 5.95 Å². The minimum absolute atomic E-state index is 0.142. The molecule has 0 radical (unpaired) electrons. The second kappa shape index (κ2) is 5.98. The van der Waals surface area contributed by atoms with Crippen molar-refractivity contribution < 1.29 is 9.90 Å². The number of carboxylic acids is 1. The smallest absolute Gasteiger partial charge is 0.339 e. The molecule has 0 saturated heterocycles. The van der Waals surface area contributed by atoms with E-state index in [0.717, 1.165) is 13.0 Å². The van der Waals surface area contributed by atoms with Gasteiger partial charge in [0.25, 0.3) is 0 Å². The van der Waals surface area contributed by atoms with E-state index in [1.165, 1.54) is 6.20 Å². The third-order valence-electron chi connectivity index (χ3n) is 2.32. The largest absolute Gasteiger partial charge is 0.478 e. The summed E-state index contributed by atoms with van der Waals surface area (Å²) in [4.78, 5) is 21.1. The van der Waals surface area contributed by atoms with Gasteiger partial charge in [-0.2, -0.15) is 0 Å². The SMILES string of the molecule is C=CCN(CCC)c1ncc(C(=O)O)c(C)n1. The Morgan fingerprint density at radius 2 is 2.35 bits per heavy atom. The fourth-order valence-electron chi connectivity index (χ4n) is 1.52. The Labute approximate surface area is 101 Å². The molecule has 1 heterocycles. The Morgan fingerprint density at radius 1 is 1.65 bits per heavy atom. The second-order valence-corrected chi connectivity index (χ2v) is 3.71. The van der Waals surface area contributed by atoms with Crippen molar-refractivity contribution in [3.05, 3.63) is 30.1 Å². The van der Waals surface area contributed by atoms with Crippen LogP contribution >= 0.6 is 0 Å². The number of nitrogens with zero attached hydrogens (tertiary/aromatic N) is 3. The molecule has 0 atom stereocenters. The highest BCUT2D eigenvalue weighted by Crippen LogP contribution is 2.11. The molecule has 0 fully saturated rings. The zero-order chi connectivity index (χ0) is 12.8. The highest BCUT2D eigenvalue weighted by molar-refractivity contribution is 5.88. The average molecular weight is 235 g/mol. The molecule has 0 amide bonds. The van der Waals surface area contributed by atoms with Crippen LogP contribution < -0.4 is 4.90 Å². The maximum Gasteiger partial charge on any atom is 0.339 e. The lowest BCUT2D eigenvalue weighted by Crippen LogP contribution is -2.26. The summed E-state index contributed by atoms with van der Waals surface area (Å²) in [7, 11) is 0. The molecular weight excluding hydrogens is 218 g/mol. The number of anilines is 1. The van der Waals surface area contributed by atoms with Crippen LogP contribution in [0.1, 0.15) is 29.4 Å². The van der Waals surface area contributed by atoms with Crippen LogP contribution in [0.15, 0.2) is 18.9 Å². The average Bonchev–Trinajstić information content (AvgIpc) is 2.28. The van der Waals surface area contributed by atoms with Crippen molar-refractivity contribution in [3.63, 3.8) is 0 Å². The molecule has 1 rings (SSSR count). The number of hydrogen-bond acceptors (Lipinski definition) is 4. The summed E-state index contributed by atoms with van der Waals surface area (Å²) in [6, 6.07) is 0. The van der Waals surface area contributed by atoms with Crippen LogP contribution in [0.25, 0.3) is 0 Å². The van der Waals surface area contributed by atoms with Gasteiger partial charge >= 0.3 is 5.97 Å². The number of aromatic nitrogens is 2. The van der Waals surface area contributed by atoms with Gasteiger partial charge in [-0.05, 0) is 13.3 Å². The molecule has 0 aliphatic carbocycles. The summed E-state index contributed by atoms with van der Waals surface area (Å²) in [6.45, 7) is 8.89. The Bertz CT molecular complexity index is 418. The van der Waals surface area contributed by atoms with Crippen molar-refractivity contribution in [2.75, 3.05) is 18.0 Å². The summed E-state index contributed by atoms with van der Waals surface area (Å²) in [5, 5.41) is 8.89. The predicted octanol–water partition coefficient (Wildman–Crippen LogP) is 1.89. The Balaban J connectivity index is 3.01. The lowest BCUT2D eigenvalue weighted by molar-refractivity contribution is 0.0695. The van der Waals surface area contributed by atoms with Crippen LogP contribution in [0.3, 0.4) is 0 Å². The van der Waals surface area contributed by atoms with Crippen molar-refractivity contribution in [2.24, 2.45) is 0 Å². The monoisotopic (exact) mass is 235 g/mol. The minimum Gasteiger partial charge on any atom is -0.478 e. The van der Waals surface area contributed by atoms with E-state index in [-0.39, 0.29) is 5.56 Å². The zero-order valence-corrected chi connectivity index (χ0v) is 10.2. The molecule has 1 aromatic heterocycles. The molecule has 5 heteroatoms. The molecular formula is C12H17N3O2. The second-order valence-electron chi connectivity index (χ2n) is 3.71. The predicted molar refractivity (Wildman–Crippen MR) is 66.4 cm³/mol. The van der Waals surface area contributed by atoms with Gasteiger partial charge in [0, 0.05) is 19.3 Å². The Kier molecular flexibility index (Phi) is 4.63. The first kappa shape index (κ1) is 13.2. The first-order chi connectivity index (χ1) is 8.10. The third-order valence-corrected chi connectivity index (χ3v) is 2.32. The molecule has 92 valence electrons. The normalized spacial score (nSPS) is 10.0. The molecule has 0 unspecified atom stereocenters. The highest BCUT2D eigenvalue weighted by atomic mass is 16.4. The standard InChI is InChI=1S/C12H17N3O2/c1-4-6-15(7-5-2)12-13-8-10(11(16)17)9(3)14-12/h4,8H,1,5-7H2,2-3H3,(H,16,17). The van der Waals surface area contributed by atoms with Crippen molar-refractivity contribution in [1.82, 2.24) is 9.97 Å². The van der Waals surface area contributed by atoms with Gasteiger partial charge in [0.15, 0.2) is 0 Å². The maximum absolute atomic E-state index is 10.8. The molecule has 0 aromatic carbocycles. The number of carboxylic acid groups (broad SMARTS) is 1. The van der Waals surface area contributed by atoms with Gasteiger partial charge in [0.05, 0.1) is 11.3 Å². The lowest BCUT2D eigenvalue weighted by Gasteiger charge is -2.20. The van der Waals surface area contributed by atoms with E-state index < -0.39 is 5.97 Å². The van der Waals surface area contributed by atoms with Crippen LogP contribution in [0.5, 0.6) is 0 Å². The molecule has 0 aliphatic heterocycles. The topological polar surface area (TPSA) is 66.3 Å². The number of hydrogen-bond donors (Lipinski definition) is 1. The molecule has 1 N–H and O–H groups in total. The fourth-order valence-corrected chi connectivity index (χ4v) is 1.52. The van der Waals surface area contributed by atoms with E-state index >= 15 is 0 Å².